The molecule has 5 heteroatoms. The van der Waals surface area contributed by atoms with E-state index < -0.39 is 0 Å². The maximum atomic E-state index is 4.76. The molecule has 0 atom stereocenters. The Balaban J connectivity index is 1.79. The van der Waals surface area contributed by atoms with E-state index in [1.165, 1.54) is 10.9 Å². The second kappa shape index (κ2) is 6.41. The third-order valence-corrected chi connectivity index (χ3v) is 4.71. The highest BCUT2D eigenvalue weighted by Crippen LogP contribution is 2.25. The Morgan fingerprint density at radius 3 is 2.81 bits per heavy atom. The molecule has 26 heavy (non-hydrogen) atoms. The number of aryl methyl sites for hydroxylation is 1. The SMILES string of the molecule is Cc1cc2nc(C(C)C)cc(N(C)Cc3cccc4cnccc34)n2n1. The van der Waals surface area contributed by atoms with Crippen molar-refractivity contribution in [3.63, 3.8) is 0 Å². The molecule has 4 rings (SSSR count). The van der Waals surface area contributed by atoms with Crippen molar-refractivity contribution in [2.75, 3.05) is 11.9 Å². The number of fused-ring (bicyclic) bond motifs is 2. The second-order valence-electron chi connectivity index (χ2n) is 7.12. The van der Waals surface area contributed by atoms with E-state index in [4.69, 9.17) is 4.98 Å². The zero-order chi connectivity index (χ0) is 18.3. The van der Waals surface area contributed by atoms with Gasteiger partial charge < -0.3 is 4.90 Å². The molecule has 0 aliphatic rings. The summed E-state index contributed by atoms with van der Waals surface area (Å²) in [6.45, 7) is 7.13. The van der Waals surface area contributed by atoms with Gasteiger partial charge in [0.15, 0.2) is 5.65 Å². The number of nitrogens with zero attached hydrogens (tertiary/aromatic N) is 5. The van der Waals surface area contributed by atoms with E-state index in [9.17, 15) is 0 Å². The summed E-state index contributed by atoms with van der Waals surface area (Å²) in [5.74, 6) is 1.42. The van der Waals surface area contributed by atoms with Crippen LogP contribution in [0.5, 0.6) is 0 Å². The summed E-state index contributed by atoms with van der Waals surface area (Å²) in [5.41, 5.74) is 4.23. The van der Waals surface area contributed by atoms with Gasteiger partial charge in [-0.1, -0.05) is 32.0 Å². The van der Waals surface area contributed by atoms with Gasteiger partial charge in [0.2, 0.25) is 0 Å². The molecule has 0 amide bonds. The molecule has 0 aliphatic heterocycles. The number of benzene rings is 1. The molecule has 0 saturated carbocycles. The number of hydrogen-bond acceptors (Lipinski definition) is 4. The highest BCUT2D eigenvalue weighted by Gasteiger charge is 2.14. The predicted octanol–water partition coefficient (Wildman–Crippen LogP) is 4.35. The maximum absolute atomic E-state index is 4.76. The van der Waals surface area contributed by atoms with Crippen molar-refractivity contribution < 1.29 is 0 Å². The minimum atomic E-state index is 0.367. The first-order valence-corrected chi connectivity index (χ1v) is 8.93. The fourth-order valence-electron chi connectivity index (χ4n) is 3.32. The molecule has 3 heterocycles. The Bertz CT molecular complexity index is 1080. The van der Waals surface area contributed by atoms with Gasteiger partial charge in [0, 0.05) is 49.2 Å². The molecule has 0 unspecified atom stereocenters. The van der Waals surface area contributed by atoms with Crippen LogP contribution in [-0.4, -0.2) is 26.6 Å². The number of aromatic nitrogens is 4. The van der Waals surface area contributed by atoms with E-state index in [1.54, 1.807) is 0 Å². The molecule has 132 valence electrons. The molecule has 0 aliphatic carbocycles. The number of pyridine rings is 1. The van der Waals surface area contributed by atoms with Crippen molar-refractivity contribution in [2.45, 2.75) is 33.2 Å². The average Bonchev–Trinajstić information content (AvgIpc) is 3.01. The lowest BCUT2D eigenvalue weighted by Crippen LogP contribution is -2.21. The van der Waals surface area contributed by atoms with Crippen LogP contribution in [0, 0.1) is 6.92 Å². The van der Waals surface area contributed by atoms with Gasteiger partial charge in [0.25, 0.3) is 0 Å². The normalized spacial score (nSPS) is 11.6. The molecule has 0 radical (unpaired) electrons. The molecular weight excluding hydrogens is 322 g/mol. The van der Waals surface area contributed by atoms with Gasteiger partial charge in [-0.25, -0.2) is 4.98 Å². The highest BCUT2D eigenvalue weighted by atomic mass is 15.3. The van der Waals surface area contributed by atoms with Crippen molar-refractivity contribution in [3.05, 3.63) is 65.7 Å². The zero-order valence-electron chi connectivity index (χ0n) is 15.6. The maximum Gasteiger partial charge on any atom is 0.157 e. The van der Waals surface area contributed by atoms with Crippen LogP contribution in [0.3, 0.4) is 0 Å². The first-order chi connectivity index (χ1) is 12.5. The van der Waals surface area contributed by atoms with Gasteiger partial charge >= 0.3 is 0 Å². The lowest BCUT2D eigenvalue weighted by Gasteiger charge is -2.22. The van der Waals surface area contributed by atoms with Gasteiger partial charge in [-0.3, -0.25) is 4.98 Å². The zero-order valence-corrected chi connectivity index (χ0v) is 15.6. The van der Waals surface area contributed by atoms with Crippen molar-refractivity contribution in [3.8, 4) is 0 Å². The fraction of sp³-hybridized carbons (Fsp3) is 0.286. The van der Waals surface area contributed by atoms with Crippen molar-refractivity contribution in [1.82, 2.24) is 19.6 Å². The summed E-state index contributed by atoms with van der Waals surface area (Å²) in [5, 5.41) is 7.04. The standard InChI is InChI=1S/C21H23N5/c1-14(2)19-11-21(26-20(23-19)10-15(3)24-26)25(4)13-17-7-5-6-16-12-22-9-8-18(16)17/h5-12,14H,13H2,1-4H3. The van der Waals surface area contributed by atoms with E-state index in [-0.39, 0.29) is 0 Å². The van der Waals surface area contributed by atoms with Gasteiger partial charge in [-0.15, -0.1) is 0 Å². The highest BCUT2D eigenvalue weighted by molar-refractivity contribution is 5.85. The van der Waals surface area contributed by atoms with Crippen LogP contribution in [-0.2, 0) is 6.54 Å². The molecule has 0 bridgehead atoms. The van der Waals surface area contributed by atoms with Gasteiger partial charge in [0.1, 0.15) is 5.82 Å². The van der Waals surface area contributed by atoms with Crippen LogP contribution in [0.25, 0.3) is 16.4 Å². The Hall–Kier alpha value is -2.95. The quantitative estimate of drug-likeness (QED) is 0.552. The first kappa shape index (κ1) is 16.5. The first-order valence-electron chi connectivity index (χ1n) is 8.93. The lowest BCUT2D eigenvalue weighted by molar-refractivity contribution is 0.783. The van der Waals surface area contributed by atoms with E-state index in [1.807, 2.05) is 29.9 Å². The molecule has 0 saturated heterocycles. The van der Waals surface area contributed by atoms with Crippen molar-refractivity contribution >= 4 is 22.2 Å². The number of rotatable bonds is 4. The predicted molar refractivity (Wildman–Crippen MR) is 106 cm³/mol. The Morgan fingerprint density at radius 1 is 1.15 bits per heavy atom. The monoisotopic (exact) mass is 345 g/mol. The summed E-state index contributed by atoms with van der Waals surface area (Å²) in [7, 11) is 2.11. The van der Waals surface area contributed by atoms with Gasteiger partial charge in [-0.2, -0.15) is 9.61 Å². The van der Waals surface area contributed by atoms with E-state index in [0.717, 1.165) is 34.8 Å². The summed E-state index contributed by atoms with van der Waals surface area (Å²) >= 11 is 0. The Morgan fingerprint density at radius 2 is 2.00 bits per heavy atom. The lowest BCUT2D eigenvalue weighted by atomic mass is 10.1. The minimum Gasteiger partial charge on any atom is -0.355 e. The summed E-state index contributed by atoms with van der Waals surface area (Å²) in [4.78, 5) is 11.2. The van der Waals surface area contributed by atoms with Crippen molar-refractivity contribution in [2.24, 2.45) is 0 Å². The molecule has 1 aromatic carbocycles. The summed E-state index contributed by atoms with van der Waals surface area (Å²) < 4.78 is 1.94. The molecule has 3 aromatic heterocycles. The van der Waals surface area contributed by atoms with Gasteiger partial charge in [0.05, 0.1) is 5.69 Å². The second-order valence-corrected chi connectivity index (χ2v) is 7.12. The minimum absolute atomic E-state index is 0.367. The van der Waals surface area contributed by atoms with Crippen LogP contribution >= 0.6 is 0 Å². The molecule has 5 nitrogen and oxygen atoms in total. The van der Waals surface area contributed by atoms with Gasteiger partial charge in [-0.05, 0) is 29.9 Å². The number of anilines is 1. The van der Waals surface area contributed by atoms with E-state index in [0.29, 0.717) is 5.92 Å². The average molecular weight is 345 g/mol. The third-order valence-electron chi connectivity index (χ3n) is 4.71. The smallest absolute Gasteiger partial charge is 0.157 e. The summed E-state index contributed by atoms with van der Waals surface area (Å²) in [6.07, 6.45) is 3.77. The van der Waals surface area contributed by atoms with Crippen molar-refractivity contribution in [1.29, 1.82) is 0 Å². The van der Waals surface area contributed by atoms with E-state index in [2.05, 4.69) is 66.2 Å². The molecular formula is C21H23N5. The Labute approximate surface area is 153 Å². The molecule has 4 aromatic rings. The molecule has 0 spiro atoms. The topological polar surface area (TPSA) is 46.3 Å². The Kier molecular flexibility index (Phi) is 4.07. The largest absolute Gasteiger partial charge is 0.355 e. The molecule has 0 N–H and O–H groups in total. The number of hydrogen-bond donors (Lipinski definition) is 0. The van der Waals surface area contributed by atoms with E-state index >= 15 is 0 Å². The van der Waals surface area contributed by atoms with Crippen LogP contribution in [0.15, 0.2) is 48.8 Å². The summed E-state index contributed by atoms with van der Waals surface area (Å²) in [6, 6.07) is 12.6. The van der Waals surface area contributed by atoms with Crippen LogP contribution in [0.4, 0.5) is 5.82 Å². The fourth-order valence-corrected chi connectivity index (χ4v) is 3.32. The third kappa shape index (κ3) is 2.90. The molecule has 0 fully saturated rings. The van der Waals surface area contributed by atoms with Crippen LogP contribution < -0.4 is 4.90 Å². The van der Waals surface area contributed by atoms with Crippen LogP contribution in [0.2, 0.25) is 0 Å². The van der Waals surface area contributed by atoms with Crippen LogP contribution in [0.1, 0.15) is 36.7 Å².